The van der Waals surface area contributed by atoms with Crippen LogP contribution in [0.1, 0.15) is 5.56 Å². The predicted molar refractivity (Wildman–Crippen MR) is 107 cm³/mol. The lowest BCUT2D eigenvalue weighted by molar-refractivity contribution is 0.415. The molecule has 0 aromatic heterocycles. The zero-order valence-corrected chi connectivity index (χ0v) is 16.5. The SMILES string of the molecule is COc1cccc(NC(N)=NCc2ccc(Br)cc2Cl)c1.I. The fraction of sp³-hybridized carbons (Fsp3) is 0.133. The fourth-order valence-corrected chi connectivity index (χ4v) is 2.44. The monoisotopic (exact) mass is 495 g/mol. The Bertz CT molecular complexity index is 667. The number of rotatable bonds is 4. The van der Waals surface area contributed by atoms with Crippen LogP contribution in [-0.2, 0) is 6.54 Å². The Kier molecular flexibility index (Phi) is 7.98. The minimum Gasteiger partial charge on any atom is -0.497 e. The smallest absolute Gasteiger partial charge is 0.193 e. The van der Waals surface area contributed by atoms with Crippen LogP contribution in [0.4, 0.5) is 5.69 Å². The molecule has 3 N–H and O–H groups in total. The summed E-state index contributed by atoms with van der Waals surface area (Å²) in [6.45, 7) is 0.412. The van der Waals surface area contributed by atoms with Crippen molar-refractivity contribution in [3.8, 4) is 5.75 Å². The molecule has 0 atom stereocenters. The van der Waals surface area contributed by atoms with Gasteiger partial charge in [0.1, 0.15) is 5.75 Å². The van der Waals surface area contributed by atoms with Gasteiger partial charge in [0.25, 0.3) is 0 Å². The van der Waals surface area contributed by atoms with E-state index in [0.29, 0.717) is 17.5 Å². The topological polar surface area (TPSA) is 59.6 Å². The Morgan fingerprint density at radius 1 is 1.32 bits per heavy atom. The van der Waals surface area contributed by atoms with E-state index < -0.39 is 0 Å². The number of guanidine groups is 1. The number of methoxy groups -OCH3 is 1. The summed E-state index contributed by atoms with van der Waals surface area (Å²) in [6.07, 6.45) is 0. The number of hydrogen-bond donors (Lipinski definition) is 2. The standard InChI is InChI=1S/C15H15BrClN3O.HI/c1-21-13-4-2-3-12(8-13)20-15(18)19-9-10-5-6-11(16)7-14(10)17;/h2-8H,9H2,1H3,(H3,18,19,20);1H. The van der Waals surface area contributed by atoms with Crippen molar-refractivity contribution in [2.75, 3.05) is 12.4 Å². The molecule has 0 radical (unpaired) electrons. The maximum absolute atomic E-state index is 6.14. The Hall–Kier alpha value is -0.990. The molecule has 22 heavy (non-hydrogen) atoms. The molecule has 0 bridgehead atoms. The molecule has 0 saturated heterocycles. The van der Waals surface area contributed by atoms with Crippen molar-refractivity contribution < 1.29 is 4.74 Å². The highest BCUT2D eigenvalue weighted by Crippen LogP contribution is 2.22. The lowest BCUT2D eigenvalue weighted by Gasteiger charge is -2.08. The number of nitrogens with one attached hydrogen (secondary N) is 1. The predicted octanol–water partition coefficient (Wildman–Crippen LogP) is 4.66. The first-order chi connectivity index (χ1) is 10.1. The summed E-state index contributed by atoms with van der Waals surface area (Å²) in [5.41, 5.74) is 7.60. The highest BCUT2D eigenvalue weighted by atomic mass is 127. The van der Waals surface area contributed by atoms with Crippen LogP contribution < -0.4 is 15.8 Å². The molecule has 0 fully saturated rings. The molecule has 0 heterocycles. The van der Waals surface area contributed by atoms with E-state index in [1.807, 2.05) is 42.5 Å². The number of nitrogens with two attached hydrogens (primary N) is 1. The number of hydrogen-bond acceptors (Lipinski definition) is 2. The Morgan fingerprint density at radius 2 is 2.09 bits per heavy atom. The molecule has 7 heteroatoms. The summed E-state index contributed by atoms with van der Waals surface area (Å²) in [4.78, 5) is 4.28. The molecular weight excluding hydrogens is 480 g/mol. The molecule has 0 amide bonds. The largest absolute Gasteiger partial charge is 0.497 e. The Labute approximate surface area is 160 Å². The quantitative estimate of drug-likeness (QED) is 0.368. The molecule has 2 rings (SSSR count). The average Bonchev–Trinajstić information content (AvgIpc) is 2.46. The third kappa shape index (κ3) is 5.66. The summed E-state index contributed by atoms with van der Waals surface area (Å²) in [5.74, 6) is 1.07. The van der Waals surface area contributed by atoms with Gasteiger partial charge in [-0.2, -0.15) is 0 Å². The van der Waals surface area contributed by atoms with Gasteiger partial charge in [-0.1, -0.05) is 39.7 Å². The molecule has 0 unspecified atom stereocenters. The number of aliphatic imine (C=N–C) groups is 1. The van der Waals surface area contributed by atoms with E-state index in [1.54, 1.807) is 7.11 Å². The van der Waals surface area contributed by atoms with Gasteiger partial charge in [-0.05, 0) is 29.8 Å². The highest BCUT2D eigenvalue weighted by Gasteiger charge is 2.01. The lowest BCUT2D eigenvalue weighted by Crippen LogP contribution is -2.22. The van der Waals surface area contributed by atoms with Crippen LogP contribution in [0.5, 0.6) is 5.75 Å². The minimum absolute atomic E-state index is 0. The van der Waals surface area contributed by atoms with E-state index in [9.17, 15) is 0 Å². The van der Waals surface area contributed by atoms with E-state index in [1.165, 1.54) is 0 Å². The van der Waals surface area contributed by atoms with Crippen molar-refractivity contribution in [1.82, 2.24) is 0 Å². The third-order valence-corrected chi connectivity index (χ3v) is 3.62. The summed E-state index contributed by atoms with van der Waals surface area (Å²) in [6, 6.07) is 13.1. The maximum atomic E-state index is 6.14. The van der Waals surface area contributed by atoms with Gasteiger partial charge in [0, 0.05) is 21.2 Å². The molecular formula is C15H16BrClIN3O. The second kappa shape index (κ2) is 9.22. The molecule has 2 aromatic rings. The molecule has 0 aliphatic rings. The molecule has 2 aromatic carbocycles. The van der Waals surface area contributed by atoms with Gasteiger partial charge in [-0.3, -0.25) is 0 Å². The normalized spacial score (nSPS) is 10.8. The van der Waals surface area contributed by atoms with Crippen LogP contribution in [0, 0.1) is 0 Å². The van der Waals surface area contributed by atoms with Gasteiger partial charge in [-0.25, -0.2) is 4.99 Å². The number of nitrogens with zero attached hydrogens (tertiary/aromatic N) is 1. The van der Waals surface area contributed by atoms with Crippen LogP contribution in [-0.4, -0.2) is 13.1 Å². The molecule has 0 aliphatic carbocycles. The summed E-state index contributed by atoms with van der Waals surface area (Å²) < 4.78 is 6.08. The van der Waals surface area contributed by atoms with E-state index in [0.717, 1.165) is 21.5 Å². The van der Waals surface area contributed by atoms with Gasteiger partial charge in [0.05, 0.1) is 13.7 Å². The van der Waals surface area contributed by atoms with Crippen molar-refractivity contribution in [1.29, 1.82) is 0 Å². The summed E-state index contributed by atoms with van der Waals surface area (Å²) in [5, 5.41) is 3.67. The molecule has 118 valence electrons. The highest BCUT2D eigenvalue weighted by molar-refractivity contribution is 14.0. The zero-order valence-electron chi connectivity index (χ0n) is 11.8. The van der Waals surface area contributed by atoms with E-state index >= 15 is 0 Å². The van der Waals surface area contributed by atoms with E-state index in [4.69, 9.17) is 22.1 Å². The summed E-state index contributed by atoms with van der Waals surface area (Å²) >= 11 is 9.50. The van der Waals surface area contributed by atoms with Crippen LogP contribution >= 0.6 is 51.5 Å². The van der Waals surface area contributed by atoms with Crippen LogP contribution in [0.3, 0.4) is 0 Å². The maximum Gasteiger partial charge on any atom is 0.193 e. The van der Waals surface area contributed by atoms with Crippen molar-refractivity contribution in [3.05, 3.63) is 57.5 Å². The van der Waals surface area contributed by atoms with Crippen LogP contribution in [0.25, 0.3) is 0 Å². The number of anilines is 1. The van der Waals surface area contributed by atoms with Gasteiger partial charge >= 0.3 is 0 Å². The number of halogens is 3. The Balaban J connectivity index is 0.00000242. The first-order valence-electron chi connectivity index (χ1n) is 6.23. The lowest BCUT2D eigenvalue weighted by atomic mass is 10.2. The number of benzene rings is 2. The van der Waals surface area contributed by atoms with E-state index in [2.05, 4.69) is 26.2 Å². The molecule has 0 aliphatic heterocycles. The summed E-state index contributed by atoms with van der Waals surface area (Å²) in [7, 11) is 1.62. The minimum atomic E-state index is 0. The Morgan fingerprint density at radius 3 is 2.77 bits per heavy atom. The van der Waals surface area contributed by atoms with Crippen molar-refractivity contribution in [2.45, 2.75) is 6.54 Å². The van der Waals surface area contributed by atoms with Gasteiger partial charge in [0.15, 0.2) is 5.96 Å². The fourth-order valence-electron chi connectivity index (χ4n) is 1.71. The average molecular weight is 497 g/mol. The van der Waals surface area contributed by atoms with Gasteiger partial charge in [-0.15, -0.1) is 24.0 Å². The van der Waals surface area contributed by atoms with Gasteiger partial charge in [0.2, 0.25) is 0 Å². The molecule has 4 nitrogen and oxygen atoms in total. The number of ether oxygens (including phenoxy) is 1. The first-order valence-corrected chi connectivity index (χ1v) is 7.40. The second-order valence-electron chi connectivity index (χ2n) is 4.29. The van der Waals surface area contributed by atoms with Gasteiger partial charge < -0.3 is 15.8 Å². The van der Waals surface area contributed by atoms with Crippen LogP contribution in [0.2, 0.25) is 5.02 Å². The second-order valence-corrected chi connectivity index (χ2v) is 5.62. The van der Waals surface area contributed by atoms with E-state index in [-0.39, 0.29) is 24.0 Å². The molecule has 0 saturated carbocycles. The van der Waals surface area contributed by atoms with Crippen LogP contribution in [0.15, 0.2) is 51.9 Å². The zero-order chi connectivity index (χ0) is 15.2. The first kappa shape index (κ1) is 19.1. The van der Waals surface area contributed by atoms with Crippen molar-refractivity contribution in [2.24, 2.45) is 10.7 Å². The van der Waals surface area contributed by atoms with Crippen molar-refractivity contribution >= 4 is 63.2 Å². The van der Waals surface area contributed by atoms with Crippen molar-refractivity contribution in [3.63, 3.8) is 0 Å². The third-order valence-electron chi connectivity index (χ3n) is 2.78. The molecule has 0 spiro atoms.